The van der Waals surface area contributed by atoms with E-state index in [2.05, 4.69) is 36.5 Å². The smallest absolute Gasteiger partial charge is 0.322 e. The van der Waals surface area contributed by atoms with Crippen molar-refractivity contribution in [2.45, 2.75) is 0 Å². The molecule has 0 aliphatic carbocycles. The van der Waals surface area contributed by atoms with Gasteiger partial charge in [0.2, 0.25) is 0 Å². The van der Waals surface area contributed by atoms with Crippen molar-refractivity contribution < 1.29 is 19.8 Å². The van der Waals surface area contributed by atoms with Crippen molar-refractivity contribution in [2.24, 2.45) is 0 Å². The molecule has 2 aromatic heterocycles. The highest BCUT2D eigenvalue weighted by molar-refractivity contribution is 9.10. The van der Waals surface area contributed by atoms with Crippen LogP contribution in [0.3, 0.4) is 0 Å². The van der Waals surface area contributed by atoms with Crippen molar-refractivity contribution in [2.75, 3.05) is 23.7 Å². The van der Waals surface area contributed by atoms with Crippen LogP contribution < -0.4 is 10.6 Å². The van der Waals surface area contributed by atoms with Crippen LogP contribution in [0.2, 0.25) is 0 Å². The largest absolute Gasteiger partial charge is 0.480 e. The van der Waals surface area contributed by atoms with Gasteiger partial charge in [0.25, 0.3) is 0 Å². The van der Waals surface area contributed by atoms with E-state index in [9.17, 15) is 9.59 Å². The van der Waals surface area contributed by atoms with Gasteiger partial charge in [0.05, 0.1) is 13.9 Å². The molecule has 11 heteroatoms. The molecule has 0 spiro atoms. The second-order valence-electron chi connectivity index (χ2n) is 4.42. The summed E-state index contributed by atoms with van der Waals surface area (Å²) < 4.78 is 2.46. The highest BCUT2D eigenvalue weighted by Gasteiger charge is 2.15. The lowest BCUT2D eigenvalue weighted by Gasteiger charge is -1.95. The van der Waals surface area contributed by atoms with Crippen LogP contribution in [0.25, 0.3) is 20.4 Å². The van der Waals surface area contributed by atoms with Crippen LogP contribution >= 0.6 is 38.6 Å². The number of rotatable bonds is 6. The zero-order valence-corrected chi connectivity index (χ0v) is 14.5. The first-order valence-electron chi connectivity index (χ1n) is 6.25. The molecule has 0 atom stereocenters. The number of carboxylic acid groups (broad SMARTS) is 2. The number of fused-ring (bicyclic) bond motifs is 2. The molecule has 0 saturated heterocycles. The van der Waals surface area contributed by atoms with Crippen LogP contribution in [0.4, 0.5) is 10.3 Å². The molecule has 0 unspecified atom stereocenters. The van der Waals surface area contributed by atoms with Crippen LogP contribution in [-0.2, 0) is 9.59 Å². The van der Waals surface area contributed by atoms with E-state index in [1.54, 1.807) is 0 Å². The molecule has 0 radical (unpaired) electrons. The Balaban J connectivity index is 1.97. The quantitative estimate of drug-likeness (QED) is 0.483. The van der Waals surface area contributed by atoms with E-state index >= 15 is 0 Å². The summed E-state index contributed by atoms with van der Waals surface area (Å²) >= 11 is 6.16. The third-order valence-electron chi connectivity index (χ3n) is 2.77. The second-order valence-corrected chi connectivity index (χ2v) is 7.27. The molecule has 0 bridgehead atoms. The molecule has 2 heterocycles. The average molecular weight is 417 g/mol. The van der Waals surface area contributed by atoms with Crippen molar-refractivity contribution in [3.8, 4) is 0 Å². The van der Waals surface area contributed by atoms with Gasteiger partial charge >= 0.3 is 11.9 Å². The lowest BCUT2D eigenvalue weighted by atomic mass is 10.3. The summed E-state index contributed by atoms with van der Waals surface area (Å²) in [5, 5.41) is 23.9. The maximum atomic E-state index is 10.6. The first-order valence-corrected chi connectivity index (χ1v) is 8.67. The number of anilines is 2. The first kappa shape index (κ1) is 15.9. The van der Waals surface area contributed by atoms with E-state index in [4.69, 9.17) is 10.2 Å². The van der Waals surface area contributed by atoms with E-state index in [-0.39, 0.29) is 13.1 Å². The Labute approximate surface area is 145 Å². The number of carbonyl (C=O) groups is 2. The monoisotopic (exact) mass is 416 g/mol. The van der Waals surface area contributed by atoms with Crippen molar-refractivity contribution in [3.05, 3.63) is 10.5 Å². The number of aliphatic carboxylic acids is 2. The molecule has 0 fully saturated rings. The van der Waals surface area contributed by atoms with Gasteiger partial charge in [0, 0.05) is 0 Å². The number of thiazole rings is 2. The molecule has 4 N–H and O–H groups in total. The normalized spacial score (nSPS) is 11.0. The Morgan fingerprint density at radius 2 is 1.43 bits per heavy atom. The zero-order chi connectivity index (χ0) is 16.6. The van der Waals surface area contributed by atoms with Crippen LogP contribution in [0.1, 0.15) is 0 Å². The number of nitrogens with one attached hydrogen (secondary N) is 2. The minimum absolute atomic E-state index is 0.201. The molecule has 120 valence electrons. The molecular formula is C12H9BrN4O4S2. The summed E-state index contributed by atoms with van der Waals surface area (Å²) in [6, 6.07) is 1.91. The minimum Gasteiger partial charge on any atom is -0.480 e. The van der Waals surface area contributed by atoms with E-state index in [0.717, 1.165) is 9.40 Å². The number of carboxylic acids is 2. The van der Waals surface area contributed by atoms with Gasteiger partial charge in [-0.15, -0.1) is 0 Å². The molecule has 0 saturated carbocycles. The van der Waals surface area contributed by atoms with Crippen LogP contribution in [0.5, 0.6) is 0 Å². The molecule has 8 nitrogen and oxygen atoms in total. The summed E-state index contributed by atoms with van der Waals surface area (Å²) in [6.45, 7) is -0.402. The van der Waals surface area contributed by atoms with E-state index in [1.165, 1.54) is 22.7 Å². The summed E-state index contributed by atoms with van der Waals surface area (Å²) in [5.41, 5.74) is 1.37. The molecule has 0 amide bonds. The van der Waals surface area contributed by atoms with Gasteiger partial charge in [-0.3, -0.25) is 9.59 Å². The fourth-order valence-electron chi connectivity index (χ4n) is 1.86. The van der Waals surface area contributed by atoms with Gasteiger partial charge in [-0.1, -0.05) is 22.7 Å². The predicted molar refractivity (Wildman–Crippen MR) is 92.7 cm³/mol. The van der Waals surface area contributed by atoms with Gasteiger partial charge in [-0.25, -0.2) is 9.97 Å². The zero-order valence-electron chi connectivity index (χ0n) is 11.3. The summed E-state index contributed by atoms with van der Waals surface area (Å²) in [5.74, 6) is -1.92. The Hall–Kier alpha value is -1.98. The molecular weight excluding hydrogens is 408 g/mol. The Kier molecular flexibility index (Phi) is 4.33. The van der Waals surface area contributed by atoms with Crippen molar-refractivity contribution in [1.82, 2.24) is 9.97 Å². The maximum Gasteiger partial charge on any atom is 0.322 e. The molecule has 0 aliphatic rings. The van der Waals surface area contributed by atoms with E-state index in [0.29, 0.717) is 25.8 Å². The first-order chi connectivity index (χ1) is 10.9. The lowest BCUT2D eigenvalue weighted by molar-refractivity contribution is -0.135. The van der Waals surface area contributed by atoms with Crippen molar-refractivity contribution >= 4 is 81.2 Å². The second kappa shape index (κ2) is 6.26. The summed E-state index contributed by atoms with van der Waals surface area (Å²) in [4.78, 5) is 29.9. The standard InChI is InChI=1S/C12H9BrN4O4S2/c13-8-9-4(22-11(16-9)14-2-6(18)19)1-5-10(8)17-12(23-5)15-3-7(20)21/h1H,2-3H2,(H,14,16)(H,15,17)(H,18,19)(H,20,21). The van der Waals surface area contributed by atoms with Gasteiger partial charge < -0.3 is 20.8 Å². The molecule has 3 rings (SSSR count). The summed E-state index contributed by atoms with van der Waals surface area (Å²) in [7, 11) is 0. The Bertz CT molecular complexity index is 852. The SMILES string of the molecule is O=C(O)CNc1nc2c(Br)c3nc(NCC(=O)O)sc3cc2s1. The predicted octanol–water partition coefficient (Wildman–Crippen LogP) is 2.66. The van der Waals surface area contributed by atoms with Gasteiger partial charge in [0.1, 0.15) is 24.1 Å². The lowest BCUT2D eigenvalue weighted by Crippen LogP contribution is -2.11. The molecule has 3 aromatic rings. The van der Waals surface area contributed by atoms with Crippen LogP contribution in [-0.4, -0.2) is 45.2 Å². The van der Waals surface area contributed by atoms with E-state index < -0.39 is 11.9 Å². The minimum atomic E-state index is -0.958. The van der Waals surface area contributed by atoms with Crippen LogP contribution in [0.15, 0.2) is 10.5 Å². The number of halogens is 1. The molecule has 0 aliphatic heterocycles. The Morgan fingerprint density at radius 3 is 1.83 bits per heavy atom. The van der Waals surface area contributed by atoms with Crippen molar-refractivity contribution in [3.63, 3.8) is 0 Å². The maximum absolute atomic E-state index is 10.6. The van der Waals surface area contributed by atoms with Gasteiger partial charge in [-0.2, -0.15) is 0 Å². The van der Waals surface area contributed by atoms with Crippen molar-refractivity contribution in [1.29, 1.82) is 0 Å². The summed E-state index contributed by atoms with van der Waals surface area (Å²) in [6.07, 6.45) is 0. The van der Waals surface area contributed by atoms with E-state index in [1.807, 2.05) is 6.07 Å². The number of benzene rings is 1. The highest BCUT2D eigenvalue weighted by atomic mass is 79.9. The topological polar surface area (TPSA) is 124 Å². The third kappa shape index (κ3) is 3.35. The third-order valence-corrected chi connectivity index (χ3v) is 5.44. The number of hydrogen-bond acceptors (Lipinski definition) is 8. The number of aromatic nitrogens is 2. The average Bonchev–Trinajstić information content (AvgIpc) is 3.07. The highest BCUT2D eigenvalue weighted by Crippen LogP contribution is 2.39. The molecule has 23 heavy (non-hydrogen) atoms. The number of hydrogen-bond donors (Lipinski definition) is 4. The number of nitrogens with zero attached hydrogens (tertiary/aromatic N) is 2. The van der Waals surface area contributed by atoms with Crippen LogP contribution in [0, 0.1) is 0 Å². The molecule has 1 aromatic carbocycles. The van der Waals surface area contributed by atoms with Gasteiger partial charge in [-0.05, 0) is 22.0 Å². The fourth-order valence-corrected chi connectivity index (χ4v) is 4.62. The van der Waals surface area contributed by atoms with Gasteiger partial charge in [0.15, 0.2) is 10.3 Å². The fraction of sp³-hybridized carbons (Fsp3) is 0.167. The Morgan fingerprint density at radius 1 is 1.00 bits per heavy atom.